The van der Waals surface area contributed by atoms with E-state index in [1.165, 1.54) is 32.1 Å². The van der Waals surface area contributed by atoms with Gasteiger partial charge >= 0.3 is 0 Å². The molecule has 3 rings (SSSR count). The Morgan fingerprint density at radius 1 is 1.29 bits per heavy atom. The molecule has 3 nitrogen and oxygen atoms in total. The zero-order valence-corrected chi connectivity index (χ0v) is 11.4. The Hall–Kier alpha value is -0.220. The van der Waals surface area contributed by atoms with Crippen molar-refractivity contribution < 1.29 is 4.79 Å². The molecule has 0 aromatic rings. The van der Waals surface area contributed by atoms with Crippen molar-refractivity contribution in [2.45, 2.75) is 61.8 Å². The highest BCUT2D eigenvalue weighted by Crippen LogP contribution is 2.39. The van der Waals surface area contributed by atoms with Crippen LogP contribution in [-0.4, -0.2) is 40.6 Å². The molecule has 2 atom stereocenters. The molecule has 2 unspecified atom stereocenters. The van der Waals surface area contributed by atoms with Crippen LogP contribution in [0, 0.1) is 0 Å². The maximum atomic E-state index is 12.6. The van der Waals surface area contributed by atoms with Gasteiger partial charge in [0.2, 0.25) is 5.91 Å². The second-order valence-electron chi connectivity index (χ2n) is 5.67. The predicted octanol–water partition coefficient (Wildman–Crippen LogP) is 1.97. The monoisotopic (exact) mass is 254 g/mol. The van der Waals surface area contributed by atoms with Gasteiger partial charge in [-0.05, 0) is 31.9 Å². The molecule has 1 saturated heterocycles. The van der Waals surface area contributed by atoms with Crippen LogP contribution in [-0.2, 0) is 4.79 Å². The van der Waals surface area contributed by atoms with Crippen molar-refractivity contribution in [2.24, 2.45) is 0 Å². The van der Waals surface area contributed by atoms with Crippen LogP contribution in [0.5, 0.6) is 0 Å². The molecule has 0 radical (unpaired) electrons. The second-order valence-corrected chi connectivity index (χ2v) is 6.75. The van der Waals surface area contributed by atoms with E-state index in [1.807, 2.05) is 11.8 Å². The lowest BCUT2D eigenvalue weighted by Crippen LogP contribution is -2.46. The minimum absolute atomic E-state index is 0.161. The van der Waals surface area contributed by atoms with E-state index in [1.54, 1.807) is 0 Å². The van der Waals surface area contributed by atoms with Gasteiger partial charge in [-0.25, -0.2) is 0 Å². The van der Waals surface area contributed by atoms with Crippen molar-refractivity contribution in [2.75, 3.05) is 12.9 Å². The van der Waals surface area contributed by atoms with E-state index in [9.17, 15) is 4.79 Å². The normalized spacial score (nSPS) is 36.3. The summed E-state index contributed by atoms with van der Waals surface area (Å²) in [5.74, 6) is 0.404. The summed E-state index contributed by atoms with van der Waals surface area (Å²) < 4.78 is 0. The van der Waals surface area contributed by atoms with E-state index >= 15 is 0 Å². The lowest BCUT2D eigenvalue weighted by atomic mass is 9.97. The summed E-state index contributed by atoms with van der Waals surface area (Å²) in [5.41, 5.74) is -0.161. The van der Waals surface area contributed by atoms with Gasteiger partial charge < -0.3 is 4.90 Å². The maximum Gasteiger partial charge on any atom is 0.244 e. The third kappa shape index (κ3) is 1.80. The molecule has 1 spiro atoms. The van der Waals surface area contributed by atoms with Gasteiger partial charge in [-0.3, -0.25) is 10.1 Å². The average molecular weight is 254 g/mol. The van der Waals surface area contributed by atoms with E-state index in [0.717, 1.165) is 19.5 Å². The first kappa shape index (κ1) is 11.8. The molecule has 1 amide bonds. The van der Waals surface area contributed by atoms with Crippen LogP contribution in [0.2, 0.25) is 0 Å². The second kappa shape index (κ2) is 4.47. The molecule has 1 aliphatic heterocycles. The molecule has 17 heavy (non-hydrogen) atoms. The fraction of sp³-hybridized carbons (Fsp3) is 0.923. The molecule has 96 valence electrons. The highest BCUT2D eigenvalue weighted by Gasteiger charge is 2.51. The molecule has 2 saturated carbocycles. The van der Waals surface area contributed by atoms with Crippen molar-refractivity contribution in [1.82, 2.24) is 10.2 Å². The van der Waals surface area contributed by atoms with Crippen molar-refractivity contribution in [3.05, 3.63) is 0 Å². The van der Waals surface area contributed by atoms with Crippen LogP contribution >= 0.6 is 11.8 Å². The summed E-state index contributed by atoms with van der Waals surface area (Å²) in [6.07, 6.45) is 10.5. The van der Waals surface area contributed by atoms with E-state index in [-0.39, 0.29) is 5.54 Å². The first-order chi connectivity index (χ1) is 8.27. The highest BCUT2D eigenvalue weighted by molar-refractivity contribution is 7.99. The predicted molar refractivity (Wildman–Crippen MR) is 71.0 cm³/mol. The molecule has 0 aromatic carbocycles. The molecular weight excluding hydrogens is 232 g/mol. The Bertz CT molecular complexity index is 315. The zero-order valence-electron chi connectivity index (χ0n) is 10.6. The highest BCUT2D eigenvalue weighted by atomic mass is 32.2. The first-order valence-corrected chi connectivity index (χ1v) is 8.14. The van der Waals surface area contributed by atoms with Crippen molar-refractivity contribution in [3.8, 4) is 0 Å². The van der Waals surface area contributed by atoms with Gasteiger partial charge in [-0.1, -0.05) is 19.3 Å². The number of amides is 1. The molecule has 3 fully saturated rings. The molecule has 0 aromatic heterocycles. The van der Waals surface area contributed by atoms with Crippen LogP contribution in [0.25, 0.3) is 0 Å². The smallest absolute Gasteiger partial charge is 0.244 e. The Balaban J connectivity index is 1.75. The molecule has 1 N–H and O–H groups in total. The lowest BCUT2D eigenvalue weighted by Gasteiger charge is -2.29. The summed E-state index contributed by atoms with van der Waals surface area (Å²) in [4.78, 5) is 14.8. The summed E-state index contributed by atoms with van der Waals surface area (Å²) in [5, 5.41) is 4.18. The Kier molecular flexibility index (Phi) is 3.11. The number of thioether (sulfide) groups is 1. The fourth-order valence-electron chi connectivity index (χ4n) is 3.83. The van der Waals surface area contributed by atoms with Gasteiger partial charge in [-0.2, -0.15) is 11.8 Å². The number of carbonyl (C=O) groups excluding carboxylic acids is 1. The Labute approximate surface area is 108 Å². The minimum Gasteiger partial charge on any atom is -0.324 e. The van der Waals surface area contributed by atoms with Gasteiger partial charge in [0.05, 0.1) is 12.2 Å². The largest absolute Gasteiger partial charge is 0.324 e. The van der Waals surface area contributed by atoms with Crippen molar-refractivity contribution in [3.63, 3.8) is 0 Å². The third-order valence-electron chi connectivity index (χ3n) is 4.84. The average Bonchev–Trinajstić information content (AvgIpc) is 3.03. The van der Waals surface area contributed by atoms with Gasteiger partial charge in [0.15, 0.2) is 0 Å². The number of nitrogens with one attached hydrogen (secondary N) is 1. The fourth-order valence-corrected chi connectivity index (χ4v) is 4.83. The van der Waals surface area contributed by atoms with Gasteiger partial charge in [0, 0.05) is 11.3 Å². The van der Waals surface area contributed by atoms with Crippen LogP contribution in [0.1, 0.15) is 44.9 Å². The number of nitrogens with zero attached hydrogens (tertiary/aromatic N) is 1. The van der Waals surface area contributed by atoms with Crippen LogP contribution in [0.4, 0.5) is 0 Å². The Morgan fingerprint density at radius 3 is 2.76 bits per heavy atom. The zero-order chi connectivity index (χ0) is 11.9. The molecular formula is C13H22N2OS. The Morgan fingerprint density at radius 2 is 2.06 bits per heavy atom. The summed E-state index contributed by atoms with van der Waals surface area (Å²) in [7, 11) is 0. The van der Waals surface area contributed by atoms with E-state index in [2.05, 4.69) is 16.5 Å². The SMILES string of the molecule is CSC1CCCC1N1CNC2(CCCC2)C1=O. The first-order valence-electron chi connectivity index (χ1n) is 6.86. The number of hydrogen-bond acceptors (Lipinski definition) is 3. The van der Waals surface area contributed by atoms with Gasteiger partial charge in [0.25, 0.3) is 0 Å². The summed E-state index contributed by atoms with van der Waals surface area (Å²) in [6.45, 7) is 0.792. The molecule has 4 heteroatoms. The summed E-state index contributed by atoms with van der Waals surface area (Å²) >= 11 is 1.94. The van der Waals surface area contributed by atoms with E-state index in [4.69, 9.17) is 0 Å². The molecule has 1 heterocycles. The molecule has 0 bridgehead atoms. The van der Waals surface area contributed by atoms with Crippen LogP contribution in [0.3, 0.4) is 0 Å². The minimum atomic E-state index is -0.161. The van der Waals surface area contributed by atoms with E-state index in [0.29, 0.717) is 17.2 Å². The molecule has 2 aliphatic carbocycles. The number of hydrogen-bond donors (Lipinski definition) is 1. The third-order valence-corrected chi connectivity index (χ3v) is 5.99. The standard InChI is InChI=1S/C13H22N2OS/c1-17-11-6-4-5-10(11)15-9-14-13(12(15)16)7-2-3-8-13/h10-11,14H,2-9H2,1H3. The quantitative estimate of drug-likeness (QED) is 0.818. The summed E-state index contributed by atoms with van der Waals surface area (Å²) in [6, 6.07) is 0.491. The maximum absolute atomic E-state index is 12.6. The lowest BCUT2D eigenvalue weighted by molar-refractivity contribution is -0.134. The van der Waals surface area contributed by atoms with Crippen LogP contribution < -0.4 is 5.32 Å². The molecule has 3 aliphatic rings. The van der Waals surface area contributed by atoms with Crippen LogP contribution in [0.15, 0.2) is 0 Å². The number of rotatable bonds is 2. The van der Waals surface area contributed by atoms with Crippen molar-refractivity contribution in [1.29, 1.82) is 0 Å². The van der Waals surface area contributed by atoms with Crippen molar-refractivity contribution >= 4 is 17.7 Å². The topological polar surface area (TPSA) is 32.3 Å². The van der Waals surface area contributed by atoms with Gasteiger partial charge in [-0.15, -0.1) is 0 Å². The number of carbonyl (C=O) groups is 1. The van der Waals surface area contributed by atoms with Gasteiger partial charge in [0.1, 0.15) is 0 Å². The van der Waals surface area contributed by atoms with E-state index < -0.39 is 0 Å².